The molecule has 3 fully saturated rings. The molecular weight excluding hydrogens is 294 g/mol. The minimum absolute atomic E-state index is 0.473. The molecule has 5 heteroatoms. The molecule has 4 nitrogen and oxygen atoms in total. The fourth-order valence-electron chi connectivity index (χ4n) is 4.45. The van der Waals surface area contributed by atoms with Gasteiger partial charge >= 0.3 is 0 Å². The van der Waals surface area contributed by atoms with E-state index in [0.29, 0.717) is 18.1 Å². The molecule has 0 saturated carbocycles. The van der Waals surface area contributed by atoms with Crippen molar-refractivity contribution < 1.29 is 4.74 Å². The topological polar surface area (TPSA) is 28.6 Å². The zero-order valence-corrected chi connectivity index (χ0v) is 14.4. The van der Waals surface area contributed by atoms with Crippen LogP contribution >= 0.6 is 11.3 Å². The Labute approximate surface area is 137 Å². The average molecular weight is 321 g/mol. The van der Waals surface area contributed by atoms with Crippen LogP contribution in [0.1, 0.15) is 36.4 Å². The molecule has 0 aliphatic carbocycles. The lowest BCUT2D eigenvalue weighted by Gasteiger charge is -2.48. The van der Waals surface area contributed by atoms with E-state index in [1.54, 1.807) is 0 Å². The highest BCUT2D eigenvalue weighted by Crippen LogP contribution is 2.33. The average Bonchev–Trinajstić information content (AvgIpc) is 3.18. The summed E-state index contributed by atoms with van der Waals surface area (Å²) in [6.45, 7) is 8.95. The van der Waals surface area contributed by atoms with Gasteiger partial charge in [-0.05, 0) is 51.6 Å². The quantitative estimate of drug-likeness (QED) is 0.855. The van der Waals surface area contributed by atoms with Crippen molar-refractivity contribution in [3.63, 3.8) is 0 Å². The number of aryl methyl sites for hydroxylation is 1. The molecule has 3 atom stereocenters. The fourth-order valence-corrected chi connectivity index (χ4v) is 5.27. The standard InChI is InChI=1S/C17H27N3OS/c1-13-12-22-16(18-13)11-19-9-14-5-4-8-21-17(14)15(10-19)20-6-2-3-7-20/h12,14-15,17H,2-11H2,1H3/t14-,15+,17-/m1/s1. The molecular formula is C17H27N3OS. The number of hydrogen-bond acceptors (Lipinski definition) is 5. The zero-order valence-electron chi connectivity index (χ0n) is 13.5. The number of fused-ring (bicyclic) bond motifs is 1. The molecule has 4 heterocycles. The van der Waals surface area contributed by atoms with Crippen LogP contribution < -0.4 is 0 Å². The number of rotatable bonds is 3. The summed E-state index contributed by atoms with van der Waals surface area (Å²) in [5, 5.41) is 3.44. The molecule has 22 heavy (non-hydrogen) atoms. The maximum atomic E-state index is 6.23. The summed E-state index contributed by atoms with van der Waals surface area (Å²) in [4.78, 5) is 10.00. The third-order valence-electron chi connectivity index (χ3n) is 5.45. The third kappa shape index (κ3) is 3.09. The molecule has 1 aromatic rings. The van der Waals surface area contributed by atoms with Gasteiger partial charge in [0.05, 0.1) is 12.6 Å². The zero-order chi connectivity index (χ0) is 14.9. The summed E-state index contributed by atoms with van der Waals surface area (Å²) >= 11 is 1.81. The first-order valence-corrected chi connectivity index (χ1v) is 9.66. The van der Waals surface area contributed by atoms with Crippen LogP contribution in [-0.4, -0.2) is 59.7 Å². The summed E-state index contributed by atoms with van der Waals surface area (Å²) in [6, 6.07) is 0.600. The monoisotopic (exact) mass is 321 g/mol. The van der Waals surface area contributed by atoms with Gasteiger partial charge in [-0.3, -0.25) is 9.80 Å². The van der Waals surface area contributed by atoms with Gasteiger partial charge in [0, 0.05) is 36.8 Å². The van der Waals surface area contributed by atoms with E-state index in [0.717, 1.165) is 25.4 Å². The number of aromatic nitrogens is 1. The van der Waals surface area contributed by atoms with Crippen LogP contribution in [0.15, 0.2) is 5.38 Å². The van der Waals surface area contributed by atoms with Gasteiger partial charge in [0.1, 0.15) is 5.01 Å². The molecule has 1 aromatic heterocycles. The van der Waals surface area contributed by atoms with Gasteiger partial charge in [-0.2, -0.15) is 0 Å². The summed E-state index contributed by atoms with van der Waals surface area (Å²) in [5.74, 6) is 0.717. The van der Waals surface area contributed by atoms with Crippen molar-refractivity contribution in [1.29, 1.82) is 0 Å². The minimum atomic E-state index is 0.473. The van der Waals surface area contributed by atoms with Crippen molar-refractivity contribution in [2.24, 2.45) is 5.92 Å². The number of nitrogens with zero attached hydrogens (tertiary/aromatic N) is 3. The lowest BCUT2D eigenvalue weighted by atomic mass is 9.85. The Bertz CT molecular complexity index is 500. The van der Waals surface area contributed by atoms with E-state index in [2.05, 4.69) is 27.1 Å². The van der Waals surface area contributed by atoms with Crippen molar-refractivity contribution in [3.8, 4) is 0 Å². The van der Waals surface area contributed by atoms with Gasteiger partial charge in [0.15, 0.2) is 0 Å². The fraction of sp³-hybridized carbons (Fsp3) is 0.824. The van der Waals surface area contributed by atoms with E-state index in [-0.39, 0.29) is 0 Å². The van der Waals surface area contributed by atoms with Crippen LogP contribution in [0.3, 0.4) is 0 Å². The Morgan fingerprint density at radius 1 is 1.27 bits per heavy atom. The first-order chi connectivity index (χ1) is 10.8. The molecule has 0 aromatic carbocycles. The summed E-state index contributed by atoms with van der Waals surface area (Å²) < 4.78 is 6.23. The molecule has 0 spiro atoms. The van der Waals surface area contributed by atoms with E-state index < -0.39 is 0 Å². The predicted octanol–water partition coefficient (Wildman–Crippen LogP) is 2.53. The number of hydrogen-bond donors (Lipinski definition) is 0. The molecule has 4 rings (SSSR count). The lowest BCUT2D eigenvalue weighted by Crippen LogP contribution is -2.60. The van der Waals surface area contributed by atoms with Crippen LogP contribution in [0.5, 0.6) is 0 Å². The molecule has 0 bridgehead atoms. The van der Waals surface area contributed by atoms with Crippen molar-refractivity contribution in [2.75, 3.05) is 32.8 Å². The molecule has 0 amide bonds. The van der Waals surface area contributed by atoms with E-state index in [4.69, 9.17) is 4.74 Å². The number of piperidine rings is 1. The maximum absolute atomic E-state index is 6.23. The highest BCUT2D eigenvalue weighted by atomic mass is 32.1. The normalized spacial score (nSPS) is 34.0. The smallest absolute Gasteiger partial charge is 0.107 e. The van der Waals surface area contributed by atoms with Crippen LogP contribution in [0.4, 0.5) is 0 Å². The highest BCUT2D eigenvalue weighted by Gasteiger charge is 2.42. The van der Waals surface area contributed by atoms with Gasteiger partial charge in [0.25, 0.3) is 0 Å². The highest BCUT2D eigenvalue weighted by molar-refractivity contribution is 7.09. The second-order valence-electron chi connectivity index (χ2n) is 7.12. The van der Waals surface area contributed by atoms with Crippen molar-refractivity contribution in [1.82, 2.24) is 14.8 Å². The first-order valence-electron chi connectivity index (χ1n) is 8.78. The molecule has 3 aliphatic rings. The third-order valence-corrected chi connectivity index (χ3v) is 6.40. The van der Waals surface area contributed by atoms with Crippen molar-refractivity contribution >= 4 is 11.3 Å². The van der Waals surface area contributed by atoms with E-state index in [1.807, 2.05) is 11.3 Å². The van der Waals surface area contributed by atoms with Gasteiger partial charge < -0.3 is 4.74 Å². The van der Waals surface area contributed by atoms with E-state index in [9.17, 15) is 0 Å². The Hall–Kier alpha value is -0.490. The number of thiazole rings is 1. The van der Waals surface area contributed by atoms with E-state index >= 15 is 0 Å². The lowest BCUT2D eigenvalue weighted by molar-refractivity contribution is -0.112. The Morgan fingerprint density at radius 3 is 2.91 bits per heavy atom. The van der Waals surface area contributed by atoms with Gasteiger partial charge in [-0.1, -0.05) is 0 Å². The summed E-state index contributed by atoms with van der Waals surface area (Å²) in [7, 11) is 0. The summed E-state index contributed by atoms with van der Waals surface area (Å²) in [5.41, 5.74) is 1.16. The molecule has 0 N–H and O–H groups in total. The Morgan fingerprint density at radius 2 is 2.14 bits per heavy atom. The minimum Gasteiger partial charge on any atom is -0.376 e. The van der Waals surface area contributed by atoms with Crippen molar-refractivity contribution in [3.05, 3.63) is 16.1 Å². The number of ether oxygens (including phenoxy) is 1. The summed E-state index contributed by atoms with van der Waals surface area (Å²) in [6.07, 6.45) is 5.76. The molecule has 122 valence electrons. The predicted molar refractivity (Wildman–Crippen MR) is 89.2 cm³/mol. The van der Waals surface area contributed by atoms with Crippen LogP contribution in [-0.2, 0) is 11.3 Å². The van der Waals surface area contributed by atoms with E-state index in [1.165, 1.54) is 50.3 Å². The molecule has 0 unspecified atom stereocenters. The molecule has 3 aliphatic heterocycles. The maximum Gasteiger partial charge on any atom is 0.107 e. The second kappa shape index (κ2) is 6.56. The molecule has 0 radical (unpaired) electrons. The van der Waals surface area contributed by atoms with Crippen LogP contribution in [0, 0.1) is 12.8 Å². The van der Waals surface area contributed by atoms with Crippen LogP contribution in [0.25, 0.3) is 0 Å². The SMILES string of the molecule is Cc1csc(CN2C[C@H]3CCCO[C@H]3[C@@H](N3CCCC3)C2)n1. The largest absolute Gasteiger partial charge is 0.376 e. The van der Waals surface area contributed by atoms with Crippen molar-refractivity contribution in [2.45, 2.75) is 51.3 Å². The second-order valence-corrected chi connectivity index (χ2v) is 8.07. The van der Waals surface area contributed by atoms with Crippen LogP contribution in [0.2, 0.25) is 0 Å². The first kappa shape index (κ1) is 15.1. The Balaban J connectivity index is 1.48. The van der Waals surface area contributed by atoms with Gasteiger partial charge in [0.2, 0.25) is 0 Å². The molecule has 3 saturated heterocycles. The van der Waals surface area contributed by atoms with Gasteiger partial charge in [-0.25, -0.2) is 4.98 Å². The Kier molecular flexibility index (Phi) is 4.49. The van der Waals surface area contributed by atoms with Gasteiger partial charge in [-0.15, -0.1) is 11.3 Å². The number of likely N-dealkylation sites (tertiary alicyclic amines) is 2.